The molecule has 2 rings (SSSR count). The van der Waals surface area contributed by atoms with E-state index in [9.17, 15) is 0 Å². The van der Waals surface area contributed by atoms with E-state index in [0.29, 0.717) is 0 Å². The minimum Gasteiger partial charge on any atom is -0.147 e. The largest absolute Gasteiger partial charge is 0.147 e. The number of halogens is 2. The van der Waals surface area contributed by atoms with Gasteiger partial charge < -0.3 is 0 Å². The van der Waals surface area contributed by atoms with Crippen LogP contribution >= 0.6 is 24.8 Å². The first kappa shape index (κ1) is 32.6. The molecule has 0 unspecified atom stereocenters. The summed E-state index contributed by atoms with van der Waals surface area (Å²) >= 11 is -3.37. The van der Waals surface area contributed by atoms with Crippen LogP contribution in [0.1, 0.15) is 95.9 Å². The Labute approximate surface area is 215 Å². The van der Waals surface area contributed by atoms with Crippen molar-refractivity contribution in [2.24, 2.45) is 21.7 Å². The van der Waals surface area contributed by atoms with E-state index in [-0.39, 0.29) is 46.5 Å². The second-order valence-corrected chi connectivity index (χ2v) is 43.9. The van der Waals surface area contributed by atoms with Gasteiger partial charge in [-0.3, -0.25) is 0 Å². The van der Waals surface area contributed by atoms with Gasteiger partial charge in [-0.15, -0.1) is 24.8 Å². The molecule has 0 aromatic heterocycles. The van der Waals surface area contributed by atoms with Gasteiger partial charge >= 0.3 is 192 Å². The van der Waals surface area contributed by atoms with Crippen molar-refractivity contribution in [3.05, 3.63) is 41.0 Å². The molecule has 0 saturated heterocycles. The van der Waals surface area contributed by atoms with Gasteiger partial charge in [0.1, 0.15) is 0 Å². The van der Waals surface area contributed by atoms with Crippen LogP contribution in [0.2, 0.25) is 9.26 Å². The Morgan fingerprint density at radius 1 is 0.562 bits per heavy atom. The molecule has 0 heterocycles. The van der Waals surface area contributed by atoms with Crippen LogP contribution in [0.5, 0.6) is 0 Å². The van der Waals surface area contributed by atoms with Gasteiger partial charge in [-0.25, -0.2) is 0 Å². The van der Waals surface area contributed by atoms with Gasteiger partial charge in [-0.05, 0) is 0 Å². The van der Waals surface area contributed by atoms with E-state index in [1.165, 1.54) is 12.8 Å². The van der Waals surface area contributed by atoms with Crippen molar-refractivity contribution in [1.29, 1.82) is 0 Å². The van der Waals surface area contributed by atoms with Crippen LogP contribution in [0.25, 0.3) is 0 Å². The summed E-state index contributed by atoms with van der Waals surface area (Å²) in [5, 5.41) is 0. The molecule has 0 amide bonds. The molecule has 32 heavy (non-hydrogen) atoms. The summed E-state index contributed by atoms with van der Waals surface area (Å²) in [4.78, 5) is 0. The summed E-state index contributed by atoms with van der Waals surface area (Å²) < 4.78 is 9.18. The predicted octanol–water partition coefficient (Wildman–Crippen LogP) is 9.52. The Morgan fingerprint density at radius 3 is 1.00 bits per heavy atom. The smallest absolute Gasteiger partial charge is 0.147 e. The normalized spacial score (nSPS) is 19.0. The maximum atomic E-state index is 2.74. The molecule has 0 aromatic carbocycles. The van der Waals surface area contributed by atoms with Crippen LogP contribution in [0.3, 0.4) is 0 Å². The molecule has 0 nitrogen and oxygen atoms in total. The molecule has 4 heteroatoms. The first-order valence-corrected chi connectivity index (χ1v) is 25.2. The third-order valence-electron chi connectivity index (χ3n) is 7.50. The number of hydrogen-bond acceptors (Lipinski definition) is 0. The molecule has 0 aromatic rings. The summed E-state index contributed by atoms with van der Waals surface area (Å²) in [5.41, 5.74) is 7.47. The molecule has 0 aliphatic heterocycles. The Bertz CT molecular complexity index is 865. The van der Waals surface area contributed by atoms with Crippen LogP contribution in [0, 0.1) is 21.7 Å². The Hall–Kier alpha value is 0.640. The van der Waals surface area contributed by atoms with Gasteiger partial charge in [0.2, 0.25) is 0 Å². The predicted molar refractivity (Wildman–Crippen MR) is 152 cm³/mol. The third-order valence-corrected chi connectivity index (χ3v) is 24.3. The van der Waals surface area contributed by atoms with E-state index in [2.05, 4.69) is 111 Å². The second-order valence-electron chi connectivity index (χ2n) is 15.2. The summed E-state index contributed by atoms with van der Waals surface area (Å²) in [6, 6.07) is 0. The first-order chi connectivity index (χ1) is 12.9. The molecule has 0 bridgehead atoms. The Morgan fingerprint density at radius 2 is 0.812 bits per heavy atom. The summed E-state index contributed by atoms with van der Waals surface area (Å²) in [5.74, 6) is 0. The second kappa shape index (κ2) is 9.26. The Balaban J connectivity index is 0.00000480. The molecule has 2 aliphatic carbocycles. The van der Waals surface area contributed by atoms with Crippen molar-refractivity contribution in [1.82, 2.24) is 0 Å². The first-order valence-electron chi connectivity index (χ1n) is 11.9. The van der Waals surface area contributed by atoms with Gasteiger partial charge in [0, 0.05) is 0 Å². The molecule has 0 N–H and O–H groups in total. The van der Waals surface area contributed by atoms with E-state index in [1.807, 2.05) is 6.56 Å². The molecule has 186 valence electrons. The van der Waals surface area contributed by atoms with E-state index >= 15 is 0 Å². The SMILES string of the molecule is CC(C)(C)C1=CC(C(C)(C)C)=[C]([Zr]([CH3])([CH3])(=[SiH2])[C]2=C(C(C)(C)C)C=C(C(C)(C)C)C2)C1.Cl.Cl. The Kier molecular flexibility index (Phi) is 9.44. The van der Waals surface area contributed by atoms with E-state index in [4.69, 9.17) is 0 Å². The van der Waals surface area contributed by atoms with Crippen molar-refractivity contribution < 1.29 is 17.4 Å². The summed E-state index contributed by atoms with van der Waals surface area (Å²) in [6.45, 7) is 31.3. The number of hydrogen-bond donors (Lipinski definition) is 0. The van der Waals surface area contributed by atoms with Crippen LogP contribution in [0.4, 0.5) is 0 Å². The maximum Gasteiger partial charge on any atom is -0.147 e. The zero-order valence-electron chi connectivity index (χ0n) is 23.6. The quantitative estimate of drug-likeness (QED) is 0.286. The van der Waals surface area contributed by atoms with Crippen LogP contribution in [-0.4, -0.2) is 6.88 Å². The van der Waals surface area contributed by atoms with Gasteiger partial charge in [0.05, 0.1) is 0 Å². The molecule has 0 spiro atoms. The van der Waals surface area contributed by atoms with Crippen molar-refractivity contribution >= 4 is 31.7 Å². The average molecular weight is 579 g/mol. The summed E-state index contributed by atoms with van der Waals surface area (Å²) in [6.07, 6.45) is 7.61. The molecule has 0 fully saturated rings. The molecule has 0 saturated carbocycles. The van der Waals surface area contributed by atoms with Gasteiger partial charge in [-0.1, -0.05) is 0 Å². The average Bonchev–Trinajstić information content (AvgIpc) is 3.11. The van der Waals surface area contributed by atoms with E-state index in [1.54, 1.807) is 22.3 Å². The van der Waals surface area contributed by atoms with Crippen molar-refractivity contribution in [2.75, 3.05) is 0 Å². The minimum atomic E-state index is -3.37. The number of allylic oxidation sites excluding steroid dienone is 8. The topological polar surface area (TPSA) is 0 Å². The van der Waals surface area contributed by atoms with E-state index in [0.717, 1.165) is 0 Å². The number of rotatable bonds is 2. The van der Waals surface area contributed by atoms with Crippen LogP contribution < -0.4 is 0 Å². The van der Waals surface area contributed by atoms with Crippen LogP contribution in [-0.2, 0) is 17.4 Å². The minimum absolute atomic E-state index is 0. The molecular formula is C28H52Cl2SiZr. The zero-order chi connectivity index (χ0) is 23.7. The monoisotopic (exact) mass is 576 g/mol. The molecular weight excluding hydrogens is 527 g/mol. The van der Waals surface area contributed by atoms with Gasteiger partial charge in [0.15, 0.2) is 0 Å². The fourth-order valence-electron chi connectivity index (χ4n) is 5.11. The fourth-order valence-corrected chi connectivity index (χ4v) is 19.9. The van der Waals surface area contributed by atoms with Crippen molar-refractivity contribution in [2.45, 2.75) is 105 Å². The standard InChI is InChI=1S/2C13H21.2CH3.2ClH.H2Si.Zr/c2*1-12(2,3)10-7-8-11(9-10)13(4,5)6;;;;;;/h2*9H,7H2,1-6H3;2*1H3;2*1H;1H2;. The van der Waals surface area contributed by atoms with Crippen molar-refractivity contribution in [3.8, 4) is 0 Å². The van der Waals surface area contributed by atoms with Gasteiger partial charge in [-0.2, -0.15) is 0 Å². The fraction of sp³-hybridized carbons (Fsp3) is 0.714. The van der Waals surface area contributed by atoms with E-state index < -0.39 is 17.4 Å². The molecule has 0 atom stereocenters. The summed E-state index contributed by atoms with van der Waals surface area (Å²) in [7, 11) is 0. The van der Waals surface area contributed by atoms with Crippen molar-refractivity contribution in [3.63, 3.8) is 0 Å². The molecule has 0 radical (unpaired) electrons. The zero-order valence-corrected chi connectivity index (χ0v) is 29.1. The van der Waals surface area contributed by atoms with Crippen LogP contribution in [0.15, 0.2) is 41.0 Å². The third kappa shape index (κ3) is 6.44. The van der Waals surface area contributed by atoms with Gasteiger partial charge in [0.25, 0.3) is 0 Å². The molecule has 2 aliphatic rings. The maximum absolute atomic E-state index is 3.37.